The van der Waals surface area contributed by atoms with Crippen molar-refractivity contribution in [1.29, 1.82) is 0 Å². The summed E-state index contributed by atoms with van der Waals surface area (Å²) in [5, 5.41) is 0.735. The third-order valence-corrected chi connectivity index (χ3v) is 4.11. The second kappa shape index (κ2) is 5.66. The van der Waals surface area contributed by atoms with Crippen LogP contribution in [0.5, 0.6) is 0 Å². The van der Waals surface area contributed by atoms with Gasteiger partial charge in [-0.05, 0) is 43.7 Å². The van der Waals surface area contributed by atoms with Gasteiger partial charge in [-0.3, -0.25) is 4.57 Å². The number of aryl methyl sites for hydroxylation is 2. The van der Waals surface area contributed by atoms with E-state index in [9.17, 15) is 0 Å². The first-order valence-corrected chi connectivity index (χ1v) is 7.69. The molecule has 1 aromatic carbocycles. The number of rotatable bonds is 3. The van der Waals surface area contributed by atoms with Crippen molar-refractivity contribution >= 4 is 34.4 Å². The van der Waals surface area contributed by atoms with Gasteiger partial charge in [-0.1, -0.05) is 17.7 Å². The largest absolute Gasteiger partial charge is 0.280 e. The molecular weight excluding hydrogens is 305 g/mol. The van der Waals surface area contributed by atoms with Gasteiger partial charge in [0.05, 0.1) is 5.69 Å². The van der Waals surface area contributed by atoms with Gasteiger partial charge in [-0.25, -0.2) is 9.97 Å². The lowest BCUT2D eigenvalue weighted by Crippen LogP contribution is -2.05. The van der Waals surface area contributed by atoms with E-state index in [1.807, 2.05) is 44.2 Å². The fourth-order valence-electron chi connectivity index (χ4n) is 2.44. The number of fused-ring (bicyclic) bond motifs is 1. The fraction of sp³-hybridized carbons (Fsp3) is 0.250. The molecule has 2 heterocycles. The number of alkyl halides is 1. The smallest absolute Gasteiger partial charge is 0.164 e. The van der Waals surface area contributed by atoms with Crippen LogP contribution < -0.4 is 0 Å². The van der Waals surface area contributed by atoms with Crippen molar-refractivity contribution in [2.45, 2.75) is 20.3 Å². The minimum Gasteiger partial charge on any atom is -0.280 e. The Bertz CT molecular complexity index is 809. The summed E-state index contributed by atoms with van der Waals surface area (Å²) in [4.78, 5) is 9.30. The molecule has 0 radical (unpaired) electrons. The molecule has 0 N–H and O–H groups in total. The van der Waals surface area contributed by atoms with Gasteiger partial charge in [-0.15, -0.1) is 11.6 Å². The van der Waals surface area contributed by atoms with E-state index < -0.39 is 0 Å². The molecule has 0 aliphatic heterocycles. The number of nitrogens with zero attached hydrogens (tertiary/aromatic N) is 3. The lowest BCUT2D eigenvalue weighted by Gasteiger charge is -2.12. The molecule has 0 unspecified atom stereocenters. The van der Waals surface area contributed by atoms with E-state index in [1.165, 1.54) is 0 Å². The highest BCUT2D eigenvalue weighted by molar-refractivity contribution is 6.31. The maximum Gasteiger partial charge on any atom is 0.164 e. The molecule has 2 aromatic heterocycles. The zero-order valence-electron chi connectivity index (χ0n) is 11.9. The number of pyridine rings is 1. The molecule has 5 heteroatoms. The summed E-state index contributed by atoms with van der Waals surface area (Å²) in [7, 11) is 0. The Balaban J connectivity index is 2.35. The minimum absolute atomic E-state index is 0.516. The average Bonchev–Trinajstić information content (AvgIpc) is 2.80. The molecule has 0 saturated carbocycles. The standard InChI is InChI=1S/C16H15Cl2N3/c1-10-6-7-13-16(19-10)21(15(20-13)8-9-17)14-5-3-4-12(18)11(14)2/h3-7H,8-9H2,1-2H3. The molecule has 3 aromatic rings. The van der Waals surface area contributed by atoms with Gasteiger partial charge in [0.15, 0.2) is 5.65 Å². The van der Waals surface area contributed by atoms with Gasteiger partial charge in [0.25, 0.3) is 0 Å². The summed E-state index contributed by atoms with van der Waals surface area (Å²) in [6, 6.07) is 9.82. The summed E-state index contributed by atoms with van der Waals surface area (Å²) in [5.41, 5.74) is 4.70. The Morgan fingerprint density at radius 3 is 2.67 bits per heavy atom. The monoisotopic (exact) mass is 319 g/mol. The van der Waals surface area contributed by atoms with Crippen LogP contribution in [-0.2, 0) is 6.42 Å². The number of imidazole rings is 1. The highest BCUT2D eigenvalue weighted by Gasteiger charge is 2.15. The van der Waals surface area contributed by atoms with Gasteiger partial charge >= 0.3 is 0 Å². The van der Waals surface area contributed by atoms with Crippen LogP contribution in [-0.4, -0.2) is 20.4 Å². The van der Waals surface area contributed by atoms with Crippen LogP contribution >= 0.6 is 23.2 Å². The summed E-state index contributed by atoms with van der Waals surface area (Å²) >= 11 is 12.2. The van der Waals surface area contributed by atoms with Crippen molar-refractivity contribution in [1.82, 2.24) is 14.5 Å². The zero-order chi connectivity index (χ0) is 15.0. The molecule has 0 fully saturated rings. The molecule has 0 saturated heterocycles. The predicted octanol–water partition coefficient (Wildman–Crippen LogP) is 4.47. The van der Waals surface area contributed by atoms with Crippen molar-refractivity contribution in [3.8, 4) is 5.69 Å². The van der Waals surface area contributed by atoms with Crippen molar-refractivity contribution in [2.24, 2.45) is 0 Å². The lowest BCUT2D eigenvalue weighted by atomic mass is 10.2. The lowest BCUT2D eigenvalue weighted by molar-refractivity contribution is 0.898. The van der Waals surface area contributed by atoms with Gasteiger partial charge in [0.1, 0.15) is 11.3 Å². The molecule has 3 nitrogen and oxygen atoms in total. The molecule has 0 atom stereocenters. The van der Waals surface area contributed by atoms with E-state index >= 15 is 0 Å². The van der Waals surface area contributed by atoms with Crippen LogP contribution in [0.15, 0.2) is 30.3 Å². The fourth-order valence-corrected chi connectivity index (χ4v) is 2.78. The molecule has 21 heavy (non-hydrogen) atoms. The molecule has 0 spiro atoms. The number of hydrogen-bond acceptors (Lipinski definition) is 2. The molecule has 0 aliphatic rings. The Hall–Kier alpha value is -1.58. The maximum absolute atomic E-state index is 6.26. The van der Waals surface area contributed by atoms with E-state index in [2.05, 4.69) is 14.5 Å². The highest BCUT2D eigenvalue weighted by atomic mass is 35.5. The zero-order valence-corrected chi connectivity index (χ0v) is 13.4. The average molecular weight is 320 g/mol. The summed E-state index contributed by atoms with van der Waals surface area (Å²) in [6.45, 7) is 3.98. The third kappa shape index (κ3) is 2.52. The van der Waals surface area contributed by atoms with Crippen LogP contribution in [0.1, 0.15) is 17.1 Å². The Morgan fingerprint density at radius 2 is 1.90 bits per heavy atom. The van der Waals surface area contributed by atoms with E-state index in [1.54, 1.807) is 0 Å². The van der Waals surface area contributed by atoms with E-state index in [0.29, 0.717) is 12.3 Å². The molecule has 108 valence electrons. The van der Waals surface area contributed by atoms with Gasteiger partial charge in [0, 0.05) is 23.0 Å². The van der Waals surface area contributed by atoms with E-state index in [0.717, 1.165) is 39.0 Å². The van der Waals surface area contributed by atoms with Crippen molar-refractivity contribution in [3.63, 3.8) is 0 Å². The summed E-state index contributed by atoms with van der Waals surface area (Å²) in [6.07, 6.45) is 0.683. The Labute approximate surface area is 133 Å². The van der Waals surface area contributed by atoms with Crippen LogP contribution in [0, 0.1) is 13.8 Å². The van der Waals surface area contributed by atoms with Gasteiger partial charge in [-0.2, -0.15) is 0 Å². The second-order valence-corrected chi connectivity index (χ2v) is 5.77. The number of hydrogen-bond donors (Lipinski definition) is 0. The molecule has 0 amide bonds. The number of aromatic nitrogens is 3. The minimum atomic E-state index is 0.516. The number of halogens is 2. The number of benzene rings is 1. The summed E-state index contributed by atoms with van der Waals surface area (Å²) < 4.78 is 2.06. The first-order chi connectivity index (χ1) is 10.1. The Kier molecular flexibility index (Phi) is 3.87. The highest BCUT2D eigenvalue weighted by Crippen LogP contribution is 2.27. The topological polar surface area (TPSA) is 30.7 Å². The first kappa shape index (κ1) is 14.4. The normalized spacial score (nSPS) is 11.2. The molecular formula is C16H15Cl2N3. The van der Waals surface area contributed by atoms with Crippen molar-refractivity contribution in [2.75, 3.05) is 5.88 Å². The van der Waals surface area contributed by atoms with E-state index in [-0.39, 0.29) is 0 Å². The first-order valence-electron chi connectivity index (χ1n) is 6.78. The van der Waals surface area contributed by atoms with Crippen LogP contribution in [0.4, 0.5) is 0 Å². The maximum atomic E-state index is 6.26. The van der Waals surface area contributed by atoms with E-state index in [4.69, 9.17) is 23.2 Å². The van der Waals surface area contributed by atoms with Crippen molar-refractivity contribution < 1.29 is 0 Å². The molecule has 0 aliphatic carbocycles. The SMILES string of the molecule is Cc1ccc2nc(CCCl)n(-c3cccc(Cl)c3C)c2n1. The molecule has 3 rings (SSSR count). The second-order valence-electron chi connectivity index (χ2n) is 4.98. The summed E-state index contributed by atoms with van der Waals surface area (Å²) in [5.74, 6) is 1.42. The predicted molar refractivity (Wildman–Crippen MR) is 87.8 cm³/mol. The van der Waals surface area contributed by atoms with Gasteiger partial charge in [0.2, 0.25) is 0 Å². The third-order valence-electron chi connectivity index (χ3n) is 3.51. The van der Waals surface area contributed by atoms with Crippen LogP contribution in [0.3, 0.4) is 0 Å². The molecule has 0 bridgehead atoms. The quantitative estimate of drug-likeness (QED) is 0.667. The van der Waals surface area contributed by atoms with Crippen molar-refractivity contribution in [3.05, 3.63) is 52.4 Å². The van der Waals surface area contributed by atoms with Gasteiger partial charge < -0.3 is 0 Å². The van der Waals surface area contributed by atoms with Crippen LogP contribution in [0.2, 0.25) is 5.02 Å². The van der Waals surface area contributed by atoms with Crippen LogP contribution in [0.25, 0.3) is 16.9 Å². The Morgan fingerprint density at radius 1 is 1.10 bits per heavy atom.